The summed E-state index contributed by atoms with van der Waals surface area (Å²) in [6.07, 6.45) is -0.275. The number of sulfonamides is 1. The third-order valence-electron chi connectivity index (χ3n) is 1.09. The normalized spacial score (nSPS) is 11.7. The molecule has 0 unspecified atom stereocenters. The second-order valence-electron chi connectivity index (χ2n) is 2.03. The first-order valence-electron chi connectivity index (χ1n) is 3.23. The van der Waals surface area contributed by atoms with Gasteiger partial charge in [0.1, 0.15) is 0 Å². The van der Waals surface area contributed by atoms with Crippen LogP contribution in [-0.2, 0) is 19.6 Å². The fraction of sp³-hybridized carbons (Fsp3) is 0.800. The molecule has 0 aromatic heterocycles. The van der Waals surface area contributed by atoms with Crippen molar-refractivity contribution in [2.75, 3.05) is 13.7 Å². The van der Waals surface area contributed by atoms with Gasteiger partial charge in [0.05, 0.1) is 13.5 Å². The zero-order valence-corrected chi connectivity index (χ0v) is 7.61. The summed E-state index contributed by atoms with van der Waals surface area (Å²) in [6, 6.07) is 0. The molecule has 0 aliphatic carbocycles. The maximum Gasteiger partial charge on any atom is 0.350 e. The maximum atomic E-state index is 11.7. The molecule has 0 aromatic carbocycles. The Kier molecular flexibility index (Phi) is 4.78. The van der Waals surface area contributed by atoms with E-state index in [2.05, 4.69) is 4.74 Å². The molecule has 0 rings (SSSR count). The summed E-state index contributed by atoms with van der Waals surface area (Å²) in [6.45, 7) is -0.390. The van der Waals surface area contributed by atoms with Crippen molar-refractivity contribution in [1.82, 2.24) is 4.72 Å². The minimum absolute atomic E-state index is 0.275. The Morgan fingerprint density at radius 1 is 1.54 bits per heavy atom. The summed E-state index contributed by atoms with van der Waals surface area (Å²) in [5.41, 5.74) is 0. The van der Waals surface area contributed by atoms with Crippen LogP contribution in [0.25, 0.3) is 0 Å². The molecule has 0 saturated carbocycles. The number of methoxy groups -OCH3 is 1. The van der Waals surface area contributed by atoms with Crippen LogP contribution in [0.15, 0.2) is 0 Å². The number of carbonyl (C=O) groups excluding carboxylic acids is 1. The van der Waals surface area contributed by atoms with Crippen molar-refractivity contribution in [3.05, 3.63) is 0 Å². The number of hydrogen-bond donors (Lipinski definition) is 1. The van der Waals surface area contributed by atoms with Gasteiger partial charge in [0.2, 0.25) is 0 Å². The molecule has 0 aliphatic rings. The van der Waals surface area contributed by atoms with E-state index in [0.717, 1.165) is 7.11 Å². The van der Waals surface area contributed by atoms with Gasteiger partial charge in [0.25, 0.3) is 10.0 Å². The molecule has 0 aliphatic heterocycles. The number of rotatable bonds is 5. The minimum atomic E-state index is -4.59. The molecule has 0 spiro atoms. The van der Waals surface area contributed by atoms with Crippen molar-refractivity contribution in [3.8, 4) is 0 Å². The minimum Gasteiger partial charge on any atom is -0.469 e. The predicted molar refractivity (Wildman–Crippen MR) is 39.6 cm³/mol. The number of esters is 1. The van der Waals surface area contributed by atoms with E-state index in [0.29, 0.717) is 0 Å². The van der Waals surface area contributed by atoms with Crippen LogP contribution in [0.3, 0.4) is 0 Å². The molecule has 13 heavy (non-hydrogen) atoms. The number of ether oxygens (including phenoxy) is 1. The quantitative estimate of drug-likeness (QED) is 0.641. The lowest BCUT2D eigenvalue weighted by Crippen LogP contribution is -2.31. The molecular formula is C5H9F2NO4S. The van der Waals surface area contributed by atoms with Crippen LogP contribution in [-0.4, -0.2) is 33.8 Å². The second kappa shape index (κ2) is 5.07. The number of halogens is 2. The number of nitrogens with one attached hydrogen (secondary N) is 1. The van der Waals surface area contributed by atoms with E-state index in [1.807, 2.05) is 0 Å². The topological polar surface area (TPSA) is 72.5 Å². The Bertz CT molecular complexity index is 264. The molecule has 0 heterocycles. The highest BCUT2D eigenvalue weighted by molar-refractivity contribution is 7.89. The standard InChI is InChI=1S/C5H9F2NO4S/c1-12-4(9)2-3-8-13(10,11)5(6)7/h5,8H,2-3H2,1H3. The van der Waals surface area contributed by atoms with Crippen molar-refractivity contribution in [2.24, 2.45) is 0 Å². The number of carbonyl (C=O) groups is 1. The average molecular weight is 217 g/mol. The lowest BCUT2D eigenvalue weighted by molar-refractivity contribution is -0.140. The van der Waals surface area contributed by atoms with Crippen molar-refractivity contribution >= 4 is 16.0 Å². The van der Waals surface area contributed by atoms with Gasteiger partial charge in [0.15, 0.2) is 0 Å². The number of alkyl halides is 2. The summed E-state index contributed by atoms with van der Waals surface area (Å²) in [7, 11) is -3.48. The first kappa shape index (κ1) is 12.2. The van der Waals surface area contributed by atoms with Gasteiger partial charge in [-0.3, -0.25) is 4.79 Å². The van der Waals surface area contributed by atoms with Crippen molar-refractivity contribution in [1.29, 1.82) is 0 Å². The van der Waals surface area contributed by atoms with Crippen LogP contribution >= 0.6 is 0 Å². The Labute approximate surface area is 74.1 Å². The Morgan fingerprint density at radius 2 is 2.08 bits per heavy atom. The van der Waals surface area contributed by atoms with E-state index in [1.165, 1.54) is 0 Å². The van der Waals surface area contributed by atoms with Gasteiger partial charge >= 0.3 is 11.7 Å². The second-order valence-corrected chi connectivity index (χ2v) is 3.76. The van der Waals surface area contributed by atoms with Gasteiger partial charge in [-0.25, -0.2) is 13.1 Å². The van der Waals surface area contributed by atoms with Gasteiger partial charge in [-0.05, 0) is 0 Å². The Morgan fingerprint density at radius 3 is 2.46 bits per heavy atom. The highest BCUT2D eigenvalue weighted by Crippen LogP contribution is 2.01. The van der Waals surface area contributed by atoms with Crippen LogP contribution in [0.5, 0.6) is 0 Å². The first-order valence-corrected chi connectivity index (χ1v) is 4.78. The van der Waals surface area contributed by atoms with E-state index < -0.39 is 21.8 Å². The molecule has 1 N–H and O–H groups in total. The lowest BCUT2D eigenvalue weighted by atomic mass is 10.4. The molecular weight excluding hydrogens is 208 g/mol. The van der Waals surface area contributed by atoms with E-state index >= 15 is 0 Å². The molecule has 0 amide bonds. The molecule has 78 valence electrons. The largest absolute Gasteiger partial charge is 0.469 e. The third kappa shape index (κ3) is 4.73. The van der Waals surface area contributed by atoms with Gasteiger partial charge < -0.3 is 4.74 Å². The average Bonchev–Trinajstić information content (AvgIpc) is 2.03. The molecule has 5 nitrogen and oxygen atoms in total. The molecule has 0 saturated heterocycles. The molecule has 0 aromatic rings. The third-order valence-corrected chi connectivity index (χ3v) is 2.17. The lowest BCUT2D eigenvalue weighted by Gasteiger charge is -2.03. The zero-order chi connectivity index (χ0) is 10.5. The van der Waals surface area contributed by atoms with Gasteiger partial charge in [-0.15, -0.1) is 0 Å². The number of hydrogen-bond acceptors (Lipinski definition) is 4. The van der Waals surface area contributed by atoms with Crippen molar-refractivity contribution < 1.29 is 26.7 Å². The fourth-order valence-corrected chi connectivity index (χ4v) is 0.973. The maximum absolute atomic E-state index is 11.7. The summed E-state index contributed by atoms with van der Waals surface area (Å²) < 4.78 is 49.8. The van der Waals surface area contributed by atoms with Crippen LogP contribution < -0.4 is 4.72 Å². The fourth-order valence-electron chi connectivity index (χ4n) is 0.460. The highest BCUT2D eigenvalue weighted by Gasteiger charge is 2.22. The Balaban J connectivity index is 3.84. The summed E-state index contributed by atoms with van der Waals surface area (Å²) in [5.74, 6) is -4.15. The molecule has 0 atom stereocenters. The summed E-state index contributed by atoms with van der Waals surface area (Å²) in [4.78, 5) is 10.4. The van der Waals surface area contributed by atoms with Crippen LogP contribution in [0.2, 0.25) is 0 Å². The van der Waals surface area contributed by atoms with E-state index in [-0.39, 0.29) is 13.0 Å². The van der Waals surface area contributed by atoms with Crippen molar-refractivity contribution in [3.63, 3.8) is 0 Å². The SMILES string of the molecule is COC(=O)CCNS(=O)(=O)C(F)F. The summed E-state index contributed by atoms with van der Waals surface area (Å²) >= 11 is 0. The van der Waals surface area contributed by atoms with Crippen LogP contribution in [0, 0.1) is 0 Å². The van der Waals surface area contributed by atoms with Crippen molar-refractivity contribution in [2.45, 2.75) is 12.2 Å². The van der Waals surface area contributed by atoms with Gasteiger partial charge in [0, 0.05) is 6.54 Å². The van der Waals surface area contributed by atoms with E-state index in [4.69, 9.17) is 0 Å². The first-order chi connectivity index (χ1) is 5.90. The van der Waals surface area contributed by atoms with Crippen LogP contribution in [0.4, 0.5) is 8.78 Å². The Hall–Kier alpha value is -0.760. The molecule has 0 fully saturated rings. The van der Waals surface area contributed by atoms with E-state index in [9.17, 15) is 22.0 Å². The molecule has 8 heteroatoms. The smallest absolute Gasteiger partial charge is 0.350 e. The van der Waals surface area contributed by atoms with Gasteiger partial charge in [-0.1, -0.05) is 0 Å². The molecule has 0 bridgehead atoms. The van der Waals surface area contributed by atoms with E-state index in [1.54, 1.807) is 4.72 Å². The monoisotopic (exact) mass is 217 g/mol. The summed E-state index contributed by atoms with van der Waals surface area (Å²) in [5, 5.41) is 0. The molecule has 0 radical (unpaired) electrons. The predicted octanol–water partition coefficient (Wildman–Crippen LogP) is -0.308. The highest BCUT2D eigenvalue weighted by atomic mass is 32.2. The zero-order valence-electron chi connectivity index (χ0n) is 6.79. The van der Waals surface area contributed by atoms with Gasteiger partial charge in [-0.2, -0.15) is 8.78 Å². The van der Waals surface area contributed by atoms with Crippen LogP contribution in [0.1, 0.15) is 6.42 Å².